The second-order valence-corrected chi connectivity index (χ2v) is 8.30. The molecule has 1 amide bonds. The molecule has 160 valence electrons. The molecule has 0 bridgehead atoms. The lowest BCUT2D eigenvalue weighted by Gasteiger charge is -2.38. The van der Waals surface area contributed by atoms with Gasteiger partial charge in [-0.1, -0.05) is 11.6 Å². The fraction of sp³-hybridized carbons (Fsp3) is 0.304. The van der Waals surface area contributed by atoms with E-state index in [0.29, 0.717) is 37.0 Å². The van der Waals surface area contributed by atoms with Crippen molar-refractivity contribution in [2.45, 2.75) is 19.4 Å². The molecule has 0 saturated carbocycles. The molecule has 0 aliphatic carbocycles. The van der Waals surface area contributed by atoms with Gasteiger partial charge in [0.1, 0.15) is 5.75 Å². The van der Waals surface area contributed by atoms with Gasteiger partial charge in [0.15, 0.2) is 11.4 Å². The maximum Gasteiger partial charge on any atom is 0.266 e. The number of anilines is 1. The first kappa shape index (κ1) is 21.1. The Morgan fingerprint density at radius 1 is 1.00 bits per heavy atom. The third-order valence-electron chi connectivity index (χ3n) is 5.20. The number of ether oxygens (including phenoxy) is 1. The Morgan fingerprint density at radius 2 is 1.74 bits per heavy atom. The number of benzene rings is 1. The zero-order valence-corrected chi connectivity index (χ0v) is 18.3. The first-order valence-electron chi connectivity index (χ1n) is 10.2. The van der Waals surface area contributed by atoms with Crippen molar-refractivity contribution in [2.75, 3.05) is 31.1 Å². The van der Waals surface area contributed by atoms with Crippen LogP contribution in [0.3, 0.4) is 0 Å². The Hall–Kier alpha value is -3.19. The van der Waals surface area contributed by atoms with Crippen LogP contribution in [-0.4, -0.2) is 57.8 Å². The van der Waals surface area contributed by atoms with Gasteiger partial charge < -0.3 is 14.5 Å². The molecule has 1 aliphatic heterocycles. The van der Waals surface area contributed by atoms with Crippen LogP contribution in [0.4, 0.5) is 5.82 Å². The molecule has 1 saturated heterocycles. The smallest absolute Gasteiger partial charge is 0.266 e. The summed E-state index contributed by atoms with van der Waals surface area (Å²) in [7, 11) is 0. The molecular formula is C23H24ClN5O2. The maximum atomic E-state index is 13.1. The molecule has 31 heavy (non-hydrogen) atoms. The topological polar surface area (TPSA) is 71.5 Å². The van der Waals surface area contributed by atoms with Crippen LogP contribution >= 0.6 is 11.6 Å². The summed E-state index contributed by atoms with van der Waals surface area (Å²) in [5, 5.41) is 9.33. The number of rotatable bonds is 5. The van der Waals surface area contributed by atoms with E-state index in [0.717, 1.165) is 17.1 Å². The number of carbonyl (C=O) groups is 1. The van der Waals surface area contributed by atoms with Crippen molar-refractivity contribution in [1.29, 1.82) is 0 Å². The van der Waals surface area contributed by atoms with E-state index in [-0.39, 0.29) is 5.91 Å². The molecule has 0 atom stereocenters. The average Bonchev–Trinajstić information content (AvgIpc) is 2.81. The summed E-state index contributed by atoms with van der Waals surface area (Å²) in [6.45, 7) is 6.14. The maximum absolute atomic E-state index is 13.1. The molecule has 0 spiro atoms. The predicted octanol–water partition coefficient (Wildman–Crippen LogP) is 3.70. The minimum absolute atomic E-state index is 0.0416. The van der Waals surface area contributed by atoms with Gasteiger partial charge in [-0.2, -0.15) is 0 Å². The van der Waals surface area contributed by atoms with E-state index in [4.69, 9.17) is 16.3 Å². The van der Waals surface area contributed by atoms with Crippen LogP contribution in [0.2, 0.25) is 5.02 Å². The number of aromatic nitrogens is 3. The van der Waals surface area contributed by atoms with Crippen LogP contribution in [0.1, 0.15) is 13.8 Å². The van der Waals surface area contributed by atoms with Crippen molar-refractivity contribution in [2.24, 2.45) is 0 Å². The van der Waals surface area contributed by atoms with Crippen molar-refractivity contribution in [3.8, 4) is 17.0 Å². The first-order valence-corrected chi connectivity index (χ1v) is 10.5. The summed E-state index contributed by atoms with van der Waals surface area (Å²) in [4.78, 5) is 21.1. The zero-order chi connectivity index (χ0) is 21.8. The first-order chi connectivity index (χ1) is 14.9. The number of piperazine rings is 1. The molecule has 1 aromatic carbocycles. The SMILES string of the molecule is CC(C)(Oc1ccc(Cl)cc1)C(=O)N1CCN(c2ccc(-c3cccnc3)nn2)CC1. The van der Waals surface area contributed by atoms with E-state index >= 15 is 0 Å². The van der Waals surface area contributed by atoms with Gasteiger partial charge in [0.05, 0.1) is 5.69 Å². The van der Waals surface area contributed by atoms with Crippen LogP contribution in [0, 0.1) is 0 Å². The molecule has 1 aliphatic rings. The number of pyridine rings is 1. The van der Waals surface area contributed by atoms with E-state index in [1.54, 1.807) is 50.5 Å². The molecule has 4 rings (SSSR count). The summed E-state index contributed by atoms with van der Waals surface area (Å²) in [5.41, 5.74) is 0.743. The van der Waals surface area contributed by atoms with Crippen molar-refractivity contribution >= 4 is 23.3 Å². The molecule has 7 nitrogen and oxygen atoms in total. The second kappa shape index (κ2) is 8.89. The predicted molar refractivity (Wildman–Crippen MR) is 120 cm³/mol. The number of carbonyl (C=O) groups excluding carboxylic acids is 1. The lowest BCUT2D eigenvalue weighted by molar-refractivity contribution is -0.145. The number of halogens is 1. The minimum atomic E-state index is -0.971. The van der Waals surface area contributed by atoms with Crippen molar-refractivity contribution in [3.05, 3.63) is 65.9 Å². The molecule has 8 heteroatoms. The minimum Gasteiger partial charge on any atom is -0.478 e. The fourth-order valence-corrected chi connectivity index (χ4v) is 3.65. The van der Waals surface area contributed by atoms with E-state index in [2.05, 4.69) is 20.1 Å². The summed E-state index contributed by atoms with van der Waals surface area (Å²) in [6.07, 6.45) is 3.50. The Morgan fingerprint density at radius 3 is 2.35 bits per heavy atom. The van der Waals surface area contributed by atoms with Crippen molar-refractivity contribution in [1.82, 2.24) is 20.1 Å². The molecule has 1 fully saturated rings. The molecule has 0 radical (unpaired) electrons. The Labute approximate surface area is 186 Å². The van der Waals surface area contributed by atoms with Gasteiger partial charge in [-0.3, -0.25) is 9.78 Å². The summed E-state index contributed by atoms with van der Waals surface area (Å²) >= 11 is 5.92. The molecule has 0 unspecified atom stereocenters. The fourth-order valence-electron chi connectivity index (χ4n) is 3.52. The Bertz CT molecular complexity index is 1020. The van der Waals surface area contributed by atoms with Gasteiger partial charge in [-0.25, -0.2) is 0 Å². The van der Waals surface area contributed by atoms with E-state index < -0.39 is 5.60 Å². The number of hydrogen-bond donors (Lipinski definition) is 0. The van der Waals surface area contributed by atoms with Gasteiger partial charge in [-0.15, -0.1) is 10.2 Å². The van der Waals surface area contributed by atoms with Crippen LogP contribution in [0.5, 0.6) is 5.75 Å². The number of hydrogen-bond acceptors (Lipinski definition) is 6. The van der Waals surface area contributed by atoms with Gasteiger partial charge in [-0.05, 0) is 62.4 Å². The lowest BCUT2D eigenvalue weighted by atomic mass is 10.1. The quantitative estimate of drug-likeness (QED) is 0.606. The Kier molecular flexibility index (Phi) is 6.04. The third kappa shape index (κ3) is 4.94. The summed E-state index contributed by atoms with van der Waals surface area (Å²) in [6, 6.07) is 14.8. The highest BCUT2D eigenvalue weighted by Crippen LogP contribution is 2.24. The van der Waals surface area contributed by atoms with Gasteiger partial charge in [0.25, 0.3) is 5.91 Å². The number of nitrogens with zero attached hydrogens (tertiary/aromatic N) is 5. The van der Waals surface area contributed by atoms with Crippen LogP contribution in [-0.2, 0) is 4.79 Å². The van der Waals surface area contributed by atoms with Crippen LogP contribution < -0.4 is 9.64 Å². The summed E-state index contributed by atoms with van der Waals surface area (Å²) < 4.78 is 5.95. The Balaban J connectivity index is 1.35. The average molecular weight is 438 g/mol. The van der Waals surface area contributed by atoms with E-state index in [9.17, 15) is 4.79 Å². The van der Waals surface area contributed by atoms with Gasteiger partial charge in [0, 0.05) is 49.2 Å². The third-order valence-corrected chi connectivity index (χ3v) is 5.45. The molecule has 3 aromatic rings. The molecule has 0 N–H and O–H groups in total. The monoisotopic (exact) mass is 437 g/mol. The largest absolute Gasteiger partial charge is 0.478 e. The zero-order valence-electron chi connectivity index (χ0n) is 17.5. The number of amides is 1. The highest BCUT2D eigenvalue weighted by molar-refractivity contribution is 6.30. The molecule has 2 aromatic heterocycles. The van der Waals surface area contributed by atoms with E-state index in [1.165, 1.54) is 0 Å². The van der Waals surface area contributed by atoms with Gasteiger partial charge >= 0.3 is 0 Å². The van der Waals surface area contributed by atoms with Gasteiger partial charge in [0.2, 0.25) is 0 Å². The second-order valence-electron chi connectivity index (χ2n) is 7.86. The molecule has 3 heterocycles. The van der Waals surface area contributed by atoms with E-state index in [1.807, 2.05) is 29.2 Å². The lowest BCUT2D eigenvalue weighted by Crippen LogP contribution is -2.56. The standard InChI is InChI=1S/C23H24ClN5O2/c1-23(2,31-19-7-5-18(24)6-8-19)22(30)29-14-12-28(13-15-29)21-10-9-20(26-27-21)17-4-3-11-25-16-17/h3-11,16H,12-15H2,1-2H3. The highest BCUT2D eigenvalue weighted by atomic mass is 35.5. The summed E-state index contributed by atoms with van der Waals surface area (Å²) in [5.74, 6) is 1.38. The van der Waals surface area contributed by atoms with Crippen molar-refractivity contribution < 1.29 is 9.53 Å². The molecular weight excluding hydrogens is 414 g/mol. The highest BCUT2D eigenvalue weighted by Gasteiger charge is 2.36. The van der Waals surface area contributed by atoms with Crippen LogP contribution in [0.15, 0.2) is 60.9 Å². The normalized spacial score (nSPS) is 14.4. The van der Waals surface area contributed by atoms with Crippen LogP contribution in [0.25, 0.3) is 11.3 Å². The van der Waals surface area contributed by atoms with Crippen molar-refractivity contribution in [3.63, 3.8) is 0 Å².